The van der Waals surface area contributed by atoms with E-state index in [-0.39, 0.29) is 5.91 Å². The number of carbonyl (C=O) groups excluding carboxylic acids is 1. The van der Waals surface area contributed by atoms with Gasteiger partial charge in [0.25, 0.3) is 5.91 Å². The molecule has 3 aromatic carbocycles. The van der Waals surface area contributed by atoms with Crippen LogP contribution in [0.15, 0.2) is 66.7 Å². The van der Waals surface area contributed by atoms with Crippen LogP contribution in [0.2, 0.25) is 5.02 Å². The van der Waals surface area contributed by atoms with Crippen LogP contribution in [0.3, 0.4) is 0 Å². The van der Waals surface area contributed by atoms with Crippen LogP contribution >= 0.6 is 22.9 Å². The van der Waals surface area contributed by atoms with Crippen molar-refractivity contribution < 1.29 is 4.79 Å². The first-order valence-corrected chi connectivity index (χ1v) is 10.2. The second-order valence-electron chi connectivity index (χ2n) is 6.71. The van der Waals surface area contributed by atoms with Gasteiger partial charge in [0.15, 0.2) is 5.13 Å². The topological polar surface area (TPSA) is 33.2 Å². The molecule has 28 heavy (non-hydrogen) atoms. The zero-order valence-electron chi connectivity index (χ0n) is 15.6. The lowest BCUT2D eigenvalue weighted by Crippen LogP contribution is -2.30. The van der Waals surface area contributed by atoms with Gasteiger partial charge in [-0.1, -0.05) is 71.5 Å². The number of amides is 1. The Kier molecular flexibility index (Phi) is 5.16. The van der Waals surface area contributed by atoms with Gasteiger partial charge in [0.05, 0.1) is 27.3 Å². The van der Waals surface area contributed by atoms with Crippen LogP contribution in [0.25, 0.3) is 10.2 Å². The van der Waals surface area contributed by atoms with E-state index < -0.39 is 0 Å². The Morgan fingerprint density at radius 2 is 1.71 bits per heavy atom. The fourth-order valence-corrected chi connectivity index (χ4v) is 4.34. The predicted octanol–water partition coefficient (Wildman–Crippen LogP) is 6.41. The van der Waals surface area contributed by atoms with E-state index in [1.165, 1.54) is 16.9 Å². The summed E-state index contributed by atoms with van der Waals surface area (Å²) in [4.78, 5) is 20.0. The van der Waals surface area contributed by atoms with Crippen LogP contribution in [0.4, 0.5) is 5.13 Å². The molecule has 0 aliphatic rings. The van der Waals surface area contributed by atoms with E-state index in [4.69, 9.17) is 16.6 Å². The standard InChI is InChI=1S/C23H19ClN2OS/c1-15-12-13-20-21(16(15)2)25-23(28-20)26(14-17-8-4-3-5-9-17)22(27)18-10-6-7-11-19(18)24/h3-13H,14H2,1-2H3. The lowest BCUT2D eigenvalue weighted by atomic mass is 10.1. The minimum absolute atomic E-state index is 0.150. The van der Waals surface area contributed by atoms with Crippen LogP contribution in [0.5, 0.6) is 0 Å². The summed E-state index contributed by atoms with van der Waals surface area (Å²) >= 11 is 7.84. The molecule has 5 heteroatoms. The number of nitrogens with zero attached hydrogens (tertiary/aromatic N) is 2. The highest BCUT2D eigenvalue weighted by molar-refractivity contribution is 7.22. The maximum atomic E-state index is 13.4. The average molecular weight is 407 g/mol. The van der Waals surface area contributed by atoms with Crippen molar-refractivity contribution in [2.45, 2.75) is 20.4 Å². The monoisotopic (exact) mass is 406 g/mol. The quantitative estimate of drug-likeness (QED) is 0.392. The molecule has 4 aromatic rings. The van der Waals surface area contributed by atoms with E-state index in [0.717, 1.165) is 21.3 Å². The first-order valence-electron chi connectivity index (χ1n) is 9.01. The second-order valence-corrected chi connectivity index (χ2v) is 8.12. The summed E-state index contributed by atoms with van der Waals surface area (Å²) in [6, 6.07) is 21.2. The zero-order valence-corrected chi connectivity index (χ0v) is 17.2. The molecule has 4 rings (SSSR count). The third-order valence-corrected chi connectivity index (χ3v) is 6.21. The van der Waals surface area contributed by atoms with Gasteiger partial charge in [-0.15, -0.1) is 0 Å². The number of aromatic nitrogens is 1. The summed E-state index contributed by atoms with van der Waals surface area (Å²) in [5.41, 5.74) is 4.80. The number of anilines is 1. The molecule has 0 bridgehead atoms. The summed E-state index contributed by atoms with van der Waals surface area (Å²) in [5, 5.41) is 1.12. The zero-order chi connectivity index (χ0) is 19.7. The third-order valence-electron chi connectivity index (χ3n) is 4.84. The lowest BCUT2D eigenvalue weighted by molar-refractivity contribution is 0.0985. The summed E-state index contributed by atoms with van der Waals surface area (Å²) in [5.74, 6) is -0.150. The maximum Gasteiger partial charge on any atom is 0.261 e. The highest BCUT2D eigenvalue weighted by Crippen LogP contribution is 2.34. The van der Waals surface area contributed by atoms with E-state index in [1.807, 2.05) is 42.5 Å². The summed E-state index contributed by atoms with van der Waals surface area (Å²) in [7, 11) is 0. The number of benzene rings is 3. The van der Waals surface area contributed by atoms with Crippen LogP contribution in [-0.2, 0) is 6.54 Å². The molecule has 0 unspecified atom stereocenters. The van der Waals surface area contributed by atoms with E-state index in [2.05, 4.69) is 26.0 Å². The van der Waals surface area contributed by atoms with E-state index in [1.54, 1.807) is 17.0 Å². The Labute approximate surface area is 173 Å². The molecule has 0 saturated carbocycles. The molecule has 0 radical (unpaired) electrons. The molecular weight excluding hydrogens is 388 g/mol. The highest BCUT2D eigenvalue weighted by atomic mass is 35.5. The number of rotatable bonds is 4. The van der Waals surface area contributed by atoms with Gasteiger partial charge < -0.3 is 0 Å². The van der Waals surface area contributed by atoms with E-state index in [0.29, 0.717) is 22.3 Å². The molecule has 0 spiro atoms. The number of carbonyl (C=O) groups is 1. The summed E-state index contributed by atoms with van der Waals surface area (Å²) < 4.78 is 1.07. The smallest absolute Gasteiger partial charge is 0.261 e. The van der Waals surface area contributed by atoms with Crippen molar-refractivity contribution in [2.24, 2.45) is 0 Å². The Hall–Kier alpha value is -2.69. The molecule has 0 saturated heterocycles. The van der Waals surface area contributed by atoms with E-state index in [9.17, 15) is 4.79 Å². The Bertz CT molecular complexity index is 1150. The van der Waals surface area contributed by atoms with Gasteiger partial charge >= 0.3 is 0 Å². The predicted molar refractivity (Wildman–Crippen MR) is 118 cm³/mol. The molecule has 3 nitrogen and oxygen atoms in total. The van der Waals surface area contributed by atoms with Crippen LogP contribution < -0.4 is 4.90 Å². The number of thiazole rings is 1. The highest BCUT2D eigenvalue weighted by Gasteiger charge is 2.23. The molecule has 0 aliphatic carbocycles. The molecule has 1 heterocycles. The number of halogens is 1. The first-order chi connectivity index (χ1) is 13.5. The minimum Gasteiger partial charge on any atom is -0.279 e. The largest absolute Gasteiger partial charge is 0.279 e. The molecule has 0 N–H and O–H groups in total. The van der Waals surface area contributed by atoms with Crippen molar-refractivity contribution in [1.29, 1.82) is 0 Å². The minimum atomic E-state index is -0.150. The third kappa shape index (κ3) is 3.53. The van der Waals surface area contributed by atoms with Gasteiger partial charge in [-0.2, -0.15) is 0 Å². The van der Waals surface area contributed by atoms with Crippen molar-refractivity contribution in [2.75, 3.05) is 4.90 Å². The van der Waals surface area contributed by atoms with Crippen LogP contribution in [-0.4, -0.2) is 10.9 Å². The fourth-order valence-electron chi connectivity index (χ4n) is 3.10. The van der Waals surface area contributed by atoms with Crippen molar-refractivity contribution in [3.05, 3.63) is 94.0 Å². The number of fused-ring (bicyclic) bond motifs is 1. The van der Waals surface area contributed by atoms with Crippen molar-refractivity contribution in [3.8, 4) is 0 Å². The van der Waals surface area contributed by atoms with Crippen molar-refractivity contribution >= 4 is 44.2 Å². The molecule has 0 aliphatic heterocycles. The van der Waals surface area contributed by atoms with E-state index >= 15 is 0 Å². The second kappa shape index (κ2) is 7.74. The van der Waals surface area contributed by atoms with Gasteiger partial charge in [-0.05, 0) is 48.7 Å². The molecule has 140 valence electrons. The Morgan fingerprint density at radius 3 is 2.46 bits per heavy atom. The van der Waals surface area contributed by atoms with Crippen LogP contribution in [0.1, 0.15) is 27.0 Å². The Balaban J connectivity index is 1.82. The number of aryl methyl sites for hydroxylation is 2. The molecule has 1 amide bonds. The summed E-state index contributed by atoms with van der Waals surface area (Å²) in [6.45, 7) is 4.58. The van der Waals surface area contributed by atoms with Crippen molar-refractivity contribution in [3.63, 3.8) is 0 Å². The molecule has 1 aromatic heterocycles. The number of hydrogen-bond acceptors (Lipinski definition) is 3. The molecular formula is C23H19ClN2OS. The normalized spacial score (nSPS) is 11.0. The van der Waals surface area contributed by atoms with Gasteiger partial charge in [-0.25, -0.2) is 4.98 Å². The van der Waals surface area contributed by atoms with Crippen LogP contribution in [0, 0.1) is 13.8 Å². The fraction of sp³-hybridized carbons (Fsp3) is 0.130. The van der Waals surface area contributed by atoms with Gasteiger partial charge in [0.2, 0.25) is 0 Å². The first kappa shape index (κ1) is 18.7. The summed E-state index contributed by atoms with van der Waals surface area (Å²) in [6.07, 6.45) is 0. The SMILES string of the molecule is Cc1ccc2sc(N(Cc3ccccc3)C(=O)c3ccccc3Cl)nc2c1C. The average Bonchev–Trinajstić information content (AvgIpc) is 3.14. The number of hydrogen-bond donors (Lipinski definition) is 0. The Morgan fingerprint density at radius 1 is 1.00 bits per heavy atom. The van der Waals surface area contributed by atoms with Crippen molar-refractivity contribution in [1.82, 2.24) is 4.98 Å². The lowest BCUT2D eigenvalue weighted by Gasteiger charge is -2.20. The molecule has 0 atom stereocenters. The van der Waals surface area contributed by atoms with Gasteiger partial charge in [0.1, 0.15) is 0 Å². The van der Waals surface area contributed by atoms with Gasteiger partial charge in [-0.3, -0.25) is 9.69 Å². The maximum absolute atomic E-state index is 13.4. The van der Waals surface area contributed by atoms with Gasteiger partial charge in [0, 0.05) is 0 Å². The molecule has 0 fully saturated rings.